The summed E-state index contributed by atoms with van der Waals surface area (Å²) in [5, 5.41) is 5.36. The van der Waals surface area contributed by atoms with E-state index in [1.165, 1.54) is 12.1 Å². The zero-order chi connectivity index (χ0) is 21.6. The number of rotatable bonds is 6. The molecule has 0 unspecified atom stereocenters. The molecular weight excluding hydrogens is 393 g/mol. The molecule has 0 aromatic heterocycles. The minimum Gasteiger partial charge on any atom is -0.344 e. The molecule has 1 aliphatic carbocycles. The van der Waals surface area contributed by atoms with Crippen LogP contribution in [0.2, 0.25) is 0 Å². The third-order valence-electron chi connectivity index (χ3n) is 5.35. The molecule has 0 heterocycles. The molecule has 1 fully saturated rings. The molecule has 1 aliphatic rings. The predicted octanol–water partition coefficient (Wildman–Crippen LogP) is 4.95. The molecule has 0 radical (unpaired) electrons. The highest BCUT2D eigenvalue weighted by Gasteiger charge is 2.31. The summed E-state index contributed by atoms with van der Waals surface area (Å²) in [6.07, 6.45) is 0.407. The second-order valence-corrected chi connectivity index (χ2v) is 7.65. The molecular formula is C23H25F3N2O2. The first-order valence-corrected chi connectivity index (χ1v) is 10.2. The Morgan fingerprint density at radius 2 is 1.67 bits per heavy atom. The van der Waals surface area contributed by atoms with Gasteiger partial charge in [0, 0.05) is 18.0 Å². The number of benzene rings is 2. The lowest BCUT2D eigenvalue weighted by molar-refractivity contribution is -0.137. The van der Waals surface area contributed by atoms with Gasteiger partial charge in [-0.15, -0.1) is 0 Å². The van der Waals surface area contributed by atoms with E-state index in [9.17, 15) is 22.8 Å². The Balaban J connectivity index is 1.75. The van der Waals surface area contributed by atoms with Crippen molar-refractivity contribution in [2.24, 2.45) is 5.92 Å². The molecule has 3 rings (SSSR count). The average Bonchev–Trinajstić information content (AvgIpc) is 2.74. The number of amides is 2. The van der Waals surface area contributed by atoms with Crippen molar-refractivity contribution >= 4 is 17.5 Å². The standard InChI is InChI=1S/C23H25F3N2O2/c24-23(25,26)18-12-7-13-19(15-18)27-22(30)20(14-16-8-3-1-4-9-16)28-21(29)17-10-5-2-6-11-17/h1,3-4,7-9,12-13,15,17,20H,2,5-6,10-11,14H2,(H,27,30)(H,28,29)/t20-/m0/s1. The van der Waals surface area contributed by atoms with Gasteiger partial charge in [-0.3, -0.25) is 9.59 Å². The van der Waals surface area contributed by atoms with Crippen molar-refractivity contribution < 1.29 is 22.8 Å². The number of halogens is 3. The number of hydrogen-bond acceptors (Lipinski definition) is 2. The van der Waals surface area contributed by atoms with Crippen LogP contribution in [0.1, 0.15) is 43.2 Å². The van der Waals surface area contributed by atoms with Gasteiger partial charge >= 0.3 is 6.18 Å². The minimum atomic E-state index is -4.50. The maximum Gasteiger partial charge on any atom is 0.416 e. The van der Waals surface area contributed by atoms with Gasteiger partial charge < -0.3 is 10.6 Å². The van der Waals surface area contributed by atoms with Crippen LogP contribution in [-0.4, -0.2) is 17.9 Å². The van der Waals surface area contributed by atoms with Crippen molar-refractivity contribution in [3.05, 3.63) is 65.7 Å². The van der Waals surface area contributed by atoms with Crippen LogP contribution in [0.3, 0.4) is 0 Å². The molecule has 2 amide bonds. The summed E-state index contributed by atoms with van der Waals surface area (Å²) in [5.41, 5.74) is 0.0524. The first kappa shape index (κ1) is 21.9. The van der Waals surface area contributed by atoms with Crippen LogP contribution in [0.4, 0.5) is 18.9 Å². The monoisotopic (exact) mass is 418 g/mol. The normalized spacial score (nSPS) is 16.0. The number of alkyl halides is 3. The lowest BCUT2D eigenvalue weighted by atomic mass is 9.88. The molecule has 2 aromatic carbocycles. The Hall–Kier alpha value is -2.83. The predicted molar refractivity (Wildman–Crippen MR) is 109 cm³/mol. The SMILES string of the molecule is O=C(N[C@@H](Cc1ccccc1)C(=O)Nc1cccc(C(F)(F)F)c1)C1CCCCC1. The molecule has 0 aliphatic heterocycles. The van der Waals surface area contributed by atoms with E-state index in [0.717, 1.165) is 49.8 Å². The first-order valence-electron chi connectivity index (χ1n) is 10.2. The zero-order valence-electron chi connectivity index (χ0n) is 16.5. The van der Waals surface area contributed by atoms with Gasteiger partial charge in [0.2, 0.25) is 11.8 Å². The highest BCUT2D eigenvalue weighted by molar-refractivity contribution is 5.97. The van der Waals surface area contributed by atoms with Gasteiger partial charge in [-0.25, -0.2) is 0 Å². The Morgan fingerprint density at radius 1 is 0.967 bits per heavy atom. The smallest absolute Gasteiger partial charge is 0.344 e. The number of anilines is 1. The van der Waals surface area contributed by atoms with E-state index in [1.54, 1.807) is 0 Å². The Bertz CT molecular complexity index is 862. The van der Waals surface area contributed by atoms with E-state index in [1.807, 2.05) is 30.3 Å². The van der Waals surface area contributed by atoms with E-state index in [4.69, 9.17) is 0 Å². The molecule has 7 heteroatoms. The fraction of sp³-hybridized carbons (Fsp3) is 0.391. The fourth-order valence-electron chi connectivity index (χ4n) is 3.72. The van der Waals surface area contributed by atoms with Crippen molar-refractivity contribution in [2.75, 3.05) is 5.32 Å². The molecule has 1 saturated carbocycles. The van der Waals surface area contributed by atoms with Crippen molar-refractivity contribution in [2.45, 2.75) is 50.7 Å². The fourth-order valence-corrected chi connectivity index (χ4v) is 3.72. The summed E-state index contributed by atoms with van der Waals surface area (Å²) in [5.74, 6) is -0.837. The van der Waals surface area contributed by atoms with Crippen molar-refractivity contribution in [1.82, 2.24) is 5.32 Å². The maximum atomic E-state index is 13.0. The molecule has 4 nitrogen and oxygen atoms in total. The molecule has 0 spiro atoms. The number of nitrogens with one attached hydrogen (secondary N) is 2. The second kappa shape index (κ2) is 9.78. The summed E-state index contributed by atoms with van der Waals surface area (Å²) >= 11 is 0. The lowest BCUT2D eigenvalue weighted by Gasteiger charge is -2.25. The largest absolute Gasteiger partial charge is 0.416 e. The summed E-state index contributed by atoms with van der Waals surface area (Å²) in [6, 6.07) is 12.8. The van der Waals surface area contributed by atoms with E-state index >= 15 is 0 Å². The molecule has 0 saturated heterocycles. The van der Waals surface area contributed by atoms with E-state index in [2.05, 4.69) is 10.6 Å². The number of carbonyl (C=O) groups excluding carboxylic acids is 2. The Kier molecular flexibility index (Phi) is 7.13. The highest BCUT2D eigenvalue weighted by atomic mass is 19.4. The van der Waals surface area contributed by atoms with Crippen molar-refractivity contribution in [3.8, 4) is 0 Å². The van der Waals surface area contributed by atoms with Gasteiger partial charge in [0.15, 0.2) is 0 Å². The highest BCUT2D eigenvalue weighted by Crippen LogP contribution is 2.30. The summed E-state index contributed by atoms with van der Waals surface area (Å²) in [6.45, 7) is 0. The van der Waals surface area contributed by atoms with Gasteiger partial charge in [0.25, 0.3) is 0 Å². The quantitative estimate of drug-likeness (QED) is 0.697. The Morgan fingerprint density at radius 3 is 2.33 bits per heavy atom. The number of hydrogen-bond donors (Lipinski definition) is 2. The zero-order valence-corrected chi connectivity index (χ0v) is 16.5. The van der Waals surface area contributed by atoms with E-state index in [0.29, 0.717) is 0 Å². The van der Waals surface area contributed by atoms with Crippen LogP contribution in [0.5, 0.6) is 0 Å². The van der Waals surface area contributed by atoms with Gasteiger partial charge in [-0.05, 0) is 36.6 Å². The van der Waals surface area contributed by atoms with Gasteiger partial charge in [-0.2, -0.15) is 13.2 Å². The van der Waals surface area contributed by atoms with Crippen LogP contribution in [-0.2, 0) is 22.2 Å². The topological polar surface area (TPSA) is 58.2 Å². The van der Waals surface area contributed by atoms with Gasteiger partial charge in [-0.1, -0.05) is 55.7 Å². The first-order chi connectivity index (χ1) is 14.3. The molecule has 2 aromatic rings. The van der Waals surface area contributed by atoms with E-state index < -0.39 is 23.7 Å². The molecule has 1 atom stereocenters. The third kappa shape index (κ3) is 6.08. The van der Waals surface area contributed by atoms with Gasteiger partial charge in [0.05, 0.1) is 5.56 Å². The summed E-state index contributed by atoms with van der Waals surface area (Å²) in [4.78, 5) is 25.6. The van der Waals surface area contributed by atoms with Crippen molar-refractivity contribution in [1.29, 1.82) is 0 Å². The average molecular weight is 418 g/mol. The molecule has 30 heavy (non-hydrogen) atoms. The molecule has 160 valence electrons. The number of carbonyl (C=O) groups is 2. The minimum absolute atomic E-state index is 0.0415. The lowest BCUT2D eigenvalue weighted by Crippen LogP contribution is -2.47. The summed E-state index contributed by atoms with van der Waals surface area (Å²) < 4.78 is 38.9. The van der Waals surface area contributed by atoms with Gasteiger partial charge in [0.1, 0.15) is 6.04 Å². The third-order valence-corrected chi connectivity index (χ3v) is 5.35. The van der Waals surface area contributed by atoms with E-state index in [-0.39, 0.29) is 23.9 Å². The second-order valence-electron chi connectivity index (χ2n) is 7.65. The van der Waals surface area contributed by atoms with Crippen LogP contribution >= 0.6 is 0 Å². The van der Waals surface area contributed by atoms with Crippen LogP contribution in [0, 0.1) is 5.92 Å². The molecule has 2 N–H and O–H groups in total. The van der Waals surface area contributed by atoms with Crippen LogP contribution in [0.15, 0.2) is 54.6 Å². The Labute approximate surface area is 173 Å². The summed E-state index contributed by atoms with van der Waals surface area (Å²) in [7, 11) is 0. The van der Waals surface area contributed by atoms with Crippen LogP contribution in [0.25, 0.3) is 0 Å². The molecule has 0 bridgehead atoms. The van der Waals surface area contributed by atoms with Crippen molar-refractivity contribution in [3.63, 3.8) is 0 Å². The maximum absolute atomic E-state index is 13.0. The van der Waals surface area contributed by atoms with Crippen LogP contribution < -0.4 is 10.6 Å².